The molecule has 2 N–H and O–H groups in total. The van der Waals surface area contributed by atoms with E-state index in [0.717, 1.165) is 25.7 Å². The smallest absolute Gasteiger partial charge is 0.223 e. The van der Waals surface area contributed by atoms with E-state index in [4.69, 9.17) is 4.74 Å². The first-order valence-electron chi connectivity index (χ1n) is 7.31. The van der Waals surface area contributed by atoms with Gasteiger partial charge in [0.15, 0.2) is 0 Å². The van der Waals surface area contributed by atoms with Crippen LogP contribution in [0.3, 0.4) is 0 Å². The Hall–Kier alpha value is -1.55. The quantitative estimate of drug-likeness (QED) is 0.869. The molecule has 2 rings (SSSR count). The highest BCUT2D eigenvalue weighted by molar-refractivity contribution is 5.78. The van der Waals surface area contributed by atoms with Gasteiger partial charge in [0, 0.05) is 18.0 Å². The van der Waals surface area contributed by atoms with Crippen molar-refractivity contribution in [1.82, 2.24) is 5.32 Å². The number of rotatable bonds is 5. The van der Waals surface area contributed by atoms with E-state index in [2.05, 4.69) is 5.32 Å². The molecule has 1 fully saturated rings. The maximum Gasteiger partial charge on any atom is 0.223 e. The van der Waals surface area contributed by atoms with E-state index in [-0.39, 0.29) is 18.4 Å². The molecule has 1 aromatic rings. The number of hydrogen-bond acceptors (Lipinski definition) is 3. The molecule has 0 bridgehead atoms. The zero-order chi connectivity index (χ0) is 14.4. The van der Waals surface area contributed by atoms with Gasteiger partial charge >= 0.3 is 0 Å². The van der Waals surface area contributed by atoms with Crippen molar-refractivity contribution >= 4 is 5.91 Å². The zero-order valence-corrected chi connectivity index (χ0v) is 12.0. The highest BCUT2D eigenvalue weighted by Crippen LogP contribution is 2.25. The molecule has 0 saturated heterocycles. The molecule has 1 amide bonds. The van der Waals surface area contributed by atoms with Crippen molar-refractivity contribution in [2.45, 2.75) is 38.2 Å². The molecule has 1 saturated carbocycles. The Bertz CT molecular complexity index is 441. The number of para-hydroxylation sites is 1. The van der Waals surface area contributed by atoms with E-state index < -0.39 is 6.10 Å². The van der Waals surface area contributed by atoms with E-state index in [1.54, 1.807) is 7.11 Å². The Labute approximate surface area is 120 Å². The van der Waals surface area contributed by atoms with E-state index >= 15 is 0 Å². The summed E-state index contributed by atoms with van der Waals surface area (Å²) in [6.45, 7) is 0.232. The molecular weight excluding hydrogens is 254 g/mol. The standard InChI is InChI=1S/C16H23NO3/c1-20-15-10-6-5-9-13(15)14(18)11-17-16(19)12-7-3-2-4-8-12/h5-6,9-10,12,14,18H,2-4,7-8,11H2,1H3,(H,17,19)/t14-/m0/s1. The van der Waals surface area contributed by atoms with Gasteiger partial charge in [-0.05, 0) is 18.9 Å². The molecule has 110 valence electrons. The molecule has 20 heavy (non-hydrogen) atoms. The fourth-order valence-corrected chi connectivity index (χ4v) is 2.76. The van der Waals surface area contributed by atoms with E-state index in [0.29, 0.717) is 11.3 Å². The molecule has 0 aromatic heterocycles. The van der Waals surface area contributed by atoms with Crippen LogP contribution in [0.4, 0.5) is 0 Å². The van der Waals surface area contributed by atoms with Crippen LogP contribution < -0.4 is 10.1 Å². The van der Waals surface area contributed by atoms with Gasteiger partial charge in [0.1, 0.15) is 5.75 Å². The van der Waals surface area contributed by atoms with Gasteiger partial charge in [0.25, 0.3) is 0 Å². The number of benzene rings is 1. The number of aliphatic hydroxyl groups is 1. The number of aliphatic hydroxyl groups excluding tert-OH is 1. The molecule has 1 aliphatic rings. The van der Waals surface area contributed by atoms with Crippen LogP contribution in [0.2, 0.25) is 0 Å². The van der Waals surface area contributed by atoms with Crippen molar-refractivity contribution < 1.29 is 14.6 Å². The van der Waals surface area contributed by atoms with Gasteiger partial charge in [0.2, 0.25) is 5.91 Å². The first-order chi connectivity index (χ1) is 9.72. The summed E-state index contributed by atoms with van der Waals surface area (Å²) in [4.78, 5) is 12.0. The summed E-state index contributed by atoms with van der Waals surface area (Å²) in [5, 5.41) is 13.0. The van der Waals surface area contributed by atoms with E-state index in [1.807, 2.05) is 24.3 Å². The van der Waals surface area contributed by atoms with Crippen LogP contribution in [-0.2, 0) is 4.79 Å². The number of carbonyl (C=O) groups excluding carboxylic acids is 1. The molecule has 1 aliphatic carbocycles. The molecule has 0 unspecified atom stereocenters. The van der Waals surface area contributed by atoms with Crippen molar-refractivity contribution in [2.75, 3.05) is 13.7 Å². The first kappa shape index (κ1) is 14.9. The summed E-state index contributed by atoms with van der Waals surface area (Å²) in [6, 6.07) is 7.33. The minimum absolute atomic E-state index is 0.0682. The van der Waals surface area contributed by atoms with Gasteiger partial charge < -0.3 is 15.2 Å². The van der Waals surface area contributed by atoms with Crippen LogP contribution >= 0.6 is 0 Å². The molecule has 4 nitrogen and oxygen atoms in total. The van der Waals surface area contributed by atoms with Gasteiger partial charge in [-0.3, -0.25) is 4.79 Å². The van der Waals surface area contributed by atoms with Gasteiger partial charge in [-0.1, -0.05) is 37.5 Å². The molecule has 1 aromatic carbocycles. The number of nitrogens with one attached hydrogen (secondary N) is 1. The Kier molecular flexibility index (Phi) is 5.41. The summed E-state index contributed by atoms with van der Waals surface area (Å²) in [7, 11) is 1.58. The molecule has 0 spiro atoms. The molecule has 0 aliphatic heterocycles. The Balaban J connectivity index is 1.88. The largest absolute Gasteiger partial charge is 0.496 e. The first-order valence-corrected chi connectivity index (χ1v) is 7.31. The lowest BCUT2D eigenvalue weighted by molar-refractivity contribution is -0.126. The lowest BCUT2D eigenvalue weighted by Crippen LogP contribution is -2.34. The van der Waals surface area contributed by atoms with Crippen LogP contribution in [0.1, 0.15) is 43.8 Å². The fourth-order valence-electron chi connectivity index (χ4n) is 2.76. The number of ether oxygens (including phenoxy) is 1. The van der Waals surface area contributed by atoms with Gasteiger partial charge in [-0.2, -0.15) is 0 Å². The third-order valence-electron chi connectivity index (χ3n) is 3.94. The highest BCUT2D eigenvalue weighted by Gasteiger charge is 2.22. The van der Waals surface area contributed by atoms with Crippen molar-refractivity contribution in [3.05, 3.63) is 29.8 Å². The molecule has 0 radical (unpaired) electrons. The third-order valence-corrected chi connectivity index (χ3v) is 3.94. The summed E-state index contributed by atoms with van der Waals surface area (Å²) in [5.74, 6) is 0.833. The topological polar surface area (TPSA) is 58.6 Å². The van der Waals surface area contributed by atoms with Crippen LogP contribution in [0.25, 0.3) is 0 Å². The number of amides is 1. The number of methoxy groups -OCH3 is 1. The Morgan fingerprint density at radius 3 is 2.75 bits per heavy atom. The van der Waals surface area contributed by atoms with Crippen LogP contribution in [0.15, 0.2) is 24.3 Å². The summed E-state index contributed by atoms with van der Waals surface area (Å²) >= 11 is 0. The summed E-state index contributed by atoms with van der Waals surface area (Å²) < 4.78 is 5.22. The fraction of sp³-hybridized carbons (Fsp3) is 0.562. The predicted molar refractivity (Wildman–Crippen MR) is 77.5 cm³/mol. The predicted octanol–water partition coefficient (Wildman–Crippen LogP) is 2.43. The van der Waals surface area contributed by atoms with Crippen molar-refractivity contribution in [1.29, 1.82) is 0 Å². The number of hydrogen-bond donors (Lipinski definition) is 2. The van der Waals surface area contributed by atoms with Crippen LogP contribution in [0.5, 0.6) is 5.75 Å². The van der Waals surface area contributed by atoms with E-state index in [9.17, 15) is 9.90 Å². The maximum absolute atomic E-state index is 12.0. The van der Waals surface area contributed by atoms with Gasteiger partial charge in [-0.15, -0.1) is 0 Å². The SMILES string of the molecule is COc1ccccc1[C@@H](O)CNC(=O)C1CCCCC1. The van der Waals surface area contributed by atoms with Crippen LogP contribution in [-0.4, -0.2) is 24.7 Å². The zero-order valence-electron chi connectivity index (χ0n) is 12.0. The minimum Gasteiger partial charge on any atom is -0.496 e. The third kappa shape index (κ3) is 3.73. The second-order valence-electron chi connectivity index (χ2n) is 5.34. The average molecular weight is 277 g/mol. The molecular formula is C16H23NO3. The van der Waals surface area contributed by atoms with Gasteiger partial charge in [-0.25, -0.2) is 0 Å². The second-order valence-corrected chi connectivity index (χ2v) is 5.34. The highest BCUT2D eigenvalue weighted by atomic mass is 16.5. The van der Waals surface area contributed by atoms with E-state index in [1.165, 1.54) is 6.42 Å². The lowest BCUT2D eigenvalue weighted by Gasteiger charge is -2.22. The van der Waals surface area contributed by atoms with Crippen molar-refractivity contribution in [3.63, 3.8) is 0 Å². The molecule has 1 atom stereocenters. The molecule has 0 heterocycles. The Morgan fingerprint density at radius 2 is 2.05 bits per heavy atom. The summed E-state index contributed by atoms with van der Waals surface area (Å²) in [6.07, 6.45) is 4.69. The molecule has 4 heteroatoms. The van der Waals surface area contributed by atoms with Crippen molar-refractivity contribution in [2.24, 2.45) is 5.92 Å². The van der Waals surface area contributed by atoms with Gasteiger partial charge in [0.05, 0.1) is 13.2 Å². The van der Waals surface area contributed by atoms with Crippen molar-refractivity contribution in [3.8, 4) is 5.75 Å². The number of carbonyl (C=O) groups is 1. The lowest BCUT2D eigenvalue weighted by atomic mass is 9.88. The minimum atomic E-state index is -0.737. The average Bonchev–Trinajstić information content (AvgIpc) is 2.53. The maximum atomic E-state index is 12.0. The normalized spacial score (nSPS) is 17.5. The summed E-state index contributed by atoms with van der Waals surface area (Å²) in [5.41, 5.74) is 0.707. The van der Waals surface area contributed by atoms with Crippen LogP contribution in [0, 0.1) is 5.92 Å². The second kappa shape index (κ2) is 7.29. The monoisotopic (exact) mass is 277 g/mol. The Morgan fingerprint density at radius 1 is 1.35 bits per heavy atom.